The Morgan fingerprint density at radius 1 is 1.42 bits per heavy atom. The van der Waals surface area contributed by atoms with E-state index in [2.05, 4.69) is 41.2 Å². The summed E-state index contributed by atoms with van der Waals surface area (Å²) in [6, 6.07) is 0. The molecule has 0 aromatic heterocycles. The van der Waals surface area contributed by atoms with Crippen LogP contribution in [0.15, 0.2) is 12.2 Å². The molecule has 1 saturated carbocycles. The third-order valence-corrected chi connectivity index (χ3v) is 4.04. The van der Waals surface area contributed by atoms with Crippen LogP contribution >= 0.6 is 0 Å². The van der Waals surface area contributed by atoms with Gasteiger partial charge < -0.3 is 0 Å². The second-order valence-electron chi connectivity index (χ2n) is 5.55. The van der Waals surface area contributed by atoms with Crippen LogP contribution in [0.1, 0.15) is 47.5 Å². The monoisotopic (exact) mass is 166 g/mol. The summed E-state index contributed by atoms with van der Waals surface area (Å²) in [5, 5.41) is 0. The fourth-order valence-electron chi connectivity index (χ4n) is 2.24. The Balaban J connectivity index is 2.94. The van der Waals surface area contributed by atoms with Crippen LogP contribution in [0.4, 0.5) is 0 Å². The second kappa shape index (κ2) is 2.61. The lowest BCUT2D eigenvalue weighted by molar-refractivity contribution is 0.160. The van der Waals surface area contributed by atoms with Crippen LogP contribution in [0.5, 0.6) is 0 Å². The number of allylic oxidation sites excluding steroid dienone is 1. The molecule has 2 unspecified atom stereocenters. The molecule has 1 aliphatic rings. The zero-order chi connectivity index (χ0) is 9.57. The summed E-state index contributed by atoms with van der Waals surface area (Å²) in [6.45, 7) is 15.9. The van der Waals surface area contributed by atoms with E-state index in [0.29, 0.717) is 10.8 Å². The smallest absolute Gasteiger partial charge is 0.00677 e. The first kappa shape index (κ1) is 9.83. The van der Waals surface area contributed by atoms with Crippen molar-refractivity contribution in [1.29, 1.82) is 0 Å². The van der Waals surface area contributed by atoms with Crippen molar-refractivity contribution in [2.24, 2.45) is 16.7 Å². The molecule has 0 heteroatoms. The van der Waals surface area contributed by atoms with Gasteiger partial charge in [0.05, 0.1) is 0 Å². The van der Waals surface area contributed by atoms with Gasteiger partial charge in [0.2, 0.25) is 0 Å². The van der Waals surface area contributed by atoms with Gasteiger partial charge in [0.1, 0.15) is 0 Å². The van der Waals surface area contributed by atoms with Gasteiger partial charge in [-0.15, -0.1) is 0 Å². The molecule has 0 spiro atoms. The molecule has 0 nitrogen and oxygen atoms in total. The first-order valence-corrected chi connectivity index (χ1v) is 4.98. The normalized spacial score (nSPS) is 37.4. The van der Waals surface area contributed by atoms with E-state index in [1.165, 1.54) is 18.4 Å². The molecule has 0 amide bonds. The molecule has 0 aromatic rings. The summed E-state index contributed by atoms with van der Waals surface area (Å²) in [7, 11) is 0. The Morgan fingerprint density at radius 3 is 2.08 bits per heavy atom. The average Bonchev–Trinajstić information content (AvgIpc) is 2.16. The van der Waals surface area contributed by atoms with Gasteiger partial charge in [-0.2, -0.15) is 0 Å². The number of hydrogen-bond acceptors (Lipinski definition) is 0. The maximum Gasteiger partial charge on any atom is -0.00677 e. The molecular formula is C12H22. The highest BCUT2D eigenvalue weighted by Gasteiger charge is 2.45. The Kier molecular flexibility index (Phi) is 2.14. The zero-order valence-electron chi connectivity index (χ0n) is 9.20. The molecule has 1 rings (SSSR count). The van der Waals surface area contributed by atoms with Gasteiger partial charge in [-0.1, -0.05) is 46.8 Å². The van der Waals surface area contributed by atoms with E-state index in [1.54, 1.807) is 0 Å². The Bertz CT molecular complexity index is 195. The third kappa shape index (κ3) is 1.22. The minimum Gasteiger partial charge on any atom is -0.0990 e. The third-order valence-electron chi connectivity index (χ3n) is 4.04. The van der Waals surface area contributed by atoms with Crippen molar-refractivity contribution in [2.75, 3.05) is 0 Å². The average molecular weight is 166 g/mol. The maximum atomic E-state index is 4.25. The van der Waals surface area contributed by atoms with E-state index in [-0.39, 0.29) is 0 Å². The molecule has 0 bridgehead atoms. The van der Waals surface area contributed by atoms with Crippen molar-refractivity contribution in [3.8, 4) is 0 Å². The molecule has 12 heavy (non-hydrogen) atoms. The standard InChI is InChI=1S/C12H22/c1-9-7-8-12(6,10(9)2)11(3,4)5/h9H,2,7-8H2,1,3-6H3. The summed E-state index contributed by atoms with van der Waals surface area (Å²) in [5.41, 5.74) is 2.20. The van der Waals surface area contributed by atoms with E-state index in [9.17, 15) is 0 Å². The van der Waals surface area contributed by atoms with Crippen molar-refractivity contribution < 1.29 is 0 Å². The van der Waals surface area contributed by atoms with Crippen LogP contribution in [0.2, 0.25) is 0 Å². The van der Waals surface area contributed by atoms with Crippen molar-refractivity contribution in [1.82, 2.24) is 0 Å². The van der Waals surface area contributed by atoms with Crippen LogP contribution in [0.25, 0.3) is 0 Å². The van der Waals surface area contributed by atoms with Crippen molar-refractivity contribution >= 4 is 0 Å². The molecule has 0 heterocycles. The molecule has 0 N–H and O–H groups in total. The Morgan fingerprint density at radius 2 is 1.92 bits per heavy atom. The van der Waals surface area contributed by atoms with E-state index in [1.807, 2.05) is 0 Å². The molecule has 0 radical (unpaired) electrons. The van der Waals surface area contributed by atoms with Crippen molar-refractivity contribution in [2.45, 2.75) is 47.5 Å². The fourth-order valence-corrected chi connectivity index (χ4v) is 2.24. The highest BCUT2D eigenvalue weighted by atomic mass is 14.5. The summed E-state index contributed by atoms with van der Waals surface area (Å²) in [4.78, 5) is 0. The quantitative estimate of drug-likeness (QED) is 0.477. The fraction of sp³-hybridized carbons (Fsp3) is 0.833. The lowest BCUT2D eigenvalue weighted by Gasteiger charge is -2.40. The molecule has 0 saturated heterocycles. The molecular weight excluding hydrogens is 144 g/mol. The van der Waals surface area contributed by atoms with Gasteiger partial charge in [-0.05, 0) is 29.6 Å². The molecule has 1 aliphatic carbocycles. The molecule has 0 aromatic carbocycles. The zero-order valence-corrected chi connectivity index (χ0v) is 9.20. The summed E-state index contributed by atoms with van der Waals surface area (Å²) in [6.07, 6.45) is 2.64. The van der Waals surface area contributed by atoms with Crippen molar-refractivity contribution in [3.05, 3.63) is 12.2 Å². The van der Waals surface area contributed by atoms with Crippen LogP contribution in [0, 0.1) is 16.7 Å². The number of rotatable bonds is 0. The van der Waals surface area contributed by atoms with Crippen LogP contribution in [-0.2, 0) is 0 Å². The van der Waals surface area contributed by atoms with Gasteiger partial charge in [-0.25, -0.2) is 0 Å². The summed E-state index contributed by atoms with van der Waals surface area (Å²) < 4.78 is 0. The maximum absolute atomic E-state index is 4.25. The van der Waals surface area contributed by atoms with Crippen molar-refractivity contribution in [3.63, 3.8) is 0 Å². The second-order valence-corrected chi connectivity index (χ2v) is 5.55. The minimum atomic E-state index is 0.367. The van der Waals surface area contributed by atoms with E-state index >= 15 is 0 Å². The van der Waals surface area contributed by atoms with Gasteiger partial charge in [0.15, 0.2) is 0 Å². The first-order chi connectivity index (χ1) is 5.29. The van der Waals surface area contributed by atoms with Gasteiger partial charge in [0.25, 0.3) is 0 Å². The number of hydrogen-bond donors (Lipinski definition) is 0. The largest absolute Gasteiger partial charge is 0.0990 e. The van der Waals surface area contributed by atoms with Gasteiger partial charge in [0, 0.05) is 0 Å². The van der Waals surface area contributed by atoms with E-state index in [0.717, 1.165) is 5.92 Å². The molecule has 2 atom stereocenters. The van der Waals surface area contributed by atoms with Gasteiger partial charge in [-0.3, -0.25) is 0 Å². The predicted octanol–water partition coefficient (Wildman–Crippen LogP) is 4.02. The summed E-state index contributed by atoms with van der Waals surface area (Å²) in [5.74, 6) is 0.731. The lowest BCUT2D eigenvalue weighted by Crippen LogP contribution is -2.31. The predicted molar refractivity (Wildman–Crippen MR) is 55.1 cm³/mol. The highest BCUT2D eigenvalue weighted by molar-refractivity contribution is 5.20. The molecule has 0 aliphatic heterocycles. The lowest BCUT2D eigenvalue weighted by atomic mass is 9.64. The highest BCUT2D eigenvalue weighted by Crippen LogP contribution is 2.55. The molecule has 1 fully saturated rings. The Labute approximate surface area is 77.1 Å². The summed E-state index contributed by atoms with van der Waals surface area (Å²) >= 11 is 0. The first-order valence-electron chi connectivity index (χ1n) is 4.98. The minimum absolute atomic E-state index is 0.367. The van der Waals surface area contributed by atoms with Crippen LogP contribution in [-0.4, -0.2) is 0 Å². The van der Waals surface area contributed by atoms with Crippen LogP contribution < -0.4 is 0 Å². The molecule has 70 valence electrons. The van der Waals surface area contributed by atoms with Gasteiger partial charge >= 0.3 is 0 Å². The van der Waals surface area contributed by atoms with E-state index < -0.39 is 0 Å². The topological polar surface area (TPSA) is 0 Å². The van der Waals surface area contributed by atoms with Crippen LogP contribution in [0.3, 0.4) is 0 Å². The Hall–Kier alpha value is -0.260. The van der Waals surface area contributed by atoms with E-state index in [4.69, 9.17) is 0 Å². The SMILES string of the molecule is C=C1C(C)CCC1(C)C(C)(C)C.